The summed E-state index contributed by atoms with van der Waals surface area (Å²) in [6.07, 6.45) is 0. The van der Waals surface area contributed by atoms with Crippen LogP contribution in [-0.2, 0) is 0 Å². The van der Waals surface area contributed by atoms with E-state index in [4.69, 9.17) is 0 Å². The van der Waals surface area contributed by atoms with Gasteiger partial charge in [0.2, 0.25) is 0 Å². The molecule has 2 nitrogen and oxygen atoms in total. The molecule has 12 heavy (non-hydrogen) atoms. The molecule has 0 aliphatic rings. The minimum Gasteiger partial charge on any atom is -0.372 e. The molecular formula is C9H13BrN2. The lowest BCUT2D eigenvalue weighted by molar-refractivity contribution is 0.874. The highest BCUT2D eigenvalue weighted by Gasteiger charge is 1.96. The number of aryl methyl sites for hydroxylation is 1. The fraction of sp³-hybridized carbons (Fsp3) is 0.333. The number of hydrogen-bond donors (Lipinski definition) is 2. The van der Waals surface area contributed by atoms with Crippen LogP contribution in [0, 0.1) is 6.92 Å². The van der Waals surface area contributed by atoms with Gasteiger partial charge < -0.3 is 10.6 Å². The van der Waals surface area contributed by atoms with Gasteiger partial charge in [0.1, 0.15) is 0 Å². The molecule has 1 aromatic carbocycles. The van der Waals surface area contributed by atoms with E-state index < -0.39 is 0 Å². The lowest BCUT2D eigenvalue weighted by atomic mass is 10.2. The Labute approximate surface area is 81.5 Å². The largest absolute Gasteiger partial charge is 0.372 e. The van der Waals surface area contributed by atoms with Gasteiger partial charge in [-0.15, -0.1) is 0 Å². The van der Waals surface area contributed by atoms with E-state index >= 15 is 0 Å². The Kier molecular flexibility index (Phi) is 3.56. The normalized spacial score (nSPS) is 9.92. The molecule has 1 aromatic rings. The summed E-state index contributed by atoms with van der Waals surface area (Å²) in [5.74, 6) is 0. The Bertz CT molecular complexity index is 261. The van der Waals surface area contributed by atoms with Gasteiger partial charge in [-0.3, -0.25) is 0 Å². The Morgan fingerprint density at radius 2 is 2.17 bits per heavy atom. The van der Waals surface area contributed by atoms with E-state index in [2.05, 4.69) is 51.7 Å². The third-order valence-corrected chi connectivity index (χ3v) is 2.24. The van der Waals surface area contributed by atoms with Gasteiger partial charge in [-0.25, -0.2) is 0 Å². The maximum atomic E-state index is 3.49. The van der Waals surface area contributed by atoms with Crippen LogP contribution in [0.5, 0.6) is 0 Å². The highest BCUT2D eigenvalue weighted by atomic mass is 79.9. The maximum absolute atomic E-state index is 3.49. The van der Waals surface area contributed by atoms with Gasteiger partial charge in [0.25, 0.3) is 0 Å². The highest BCUT2D eigenvalue weighted by Crippen LogP contribution is 2.22. The molecule has 0 aromatic heterocycles. The Morgan fingerprint density at radius 3 is 2.75 bits per heavy atom. The highest BCUT2D eigenvalue weighted by molar-refractivity contribution is 9.10. The van der Waals surface area contributed by atoms with Crippen LogP contribution in [0.2, 0.25) is 0 Å². The second kappa shape index (κ2) is 4.48. The van der Waals surface area contributed by atoms with E-state index in [1.54, 1.807) is 0 Å². The van der Waals surface area contributed by atoms with Gasteiger partial charge in [0, 0.05) is 10.2 Å². The number of benzene rings is 1. The molecule has 0 aliphatic carbocycles. The third kappa shape index (κ3) is 2.50. The standard InChI is InChI=1S/C9H13BrN2/c1-7-3-4-9(8(10)5-7)12-6-11-2/h3-5,11-12H,6H2,1-2H3. The van der Waals surface area contributed by atoms with Crippen molar-refractivity contribution in [3.05, 3.63) is 28.2 Å². The predicted molar refractivity (Wildman–Crippen MR) is 56.4 cm³/mol. The van der Waals surface area contributed by atoms with Gasteiger partial charge in [-0.05, 0) is 47.6 Å². The van der Waals surface area contributed by atoms with E-state index in [1.165, 1.54) is 5.56 Å². The molecule has 0 amide bonds. The topological polar surface area (TPSA) is 24.1 Å². The molecule has 0 unspecified atom stereocenters. The SMILES string of the molecule is CNCNc1ccc(C)cc1Br. The summed E-state index contributed by atoms with van der Waals surface area (Å²) in [6, 6.07) is 6.25. The number of halogens is 1. The molecule has 3 heteroatoms. The van der Waals surface area contributed by atoms with E-state index in [1.807, 2.05) is 7.05 Å². The van der Waals surface area contributed by atoms with Crippen molar-refractivity contribution < 1.29 is 0 Å². The molecular weight excluding hydrogens is 216 g/mol. The van der Waals surface area contributed by atoms with Crippen molar-refractivity contribution in [2.45, 2.75) is 6.92 Å². The van der Waals surface area contributed by atoms with Crippen molar-refractivity contribution in [2.24, 2.45) is 0 Å². The van der Waals surface area contributed by atoms with Crippen LogP contribution in [0.1, 0.15) is 5.56 Å². The average molecular weight is 229 g/mol. The molecule has 0 fully saturated rings. The number of rotatable bonds is 3. The van der Waals surface area contributed by atoms with Crippen molar-refractivity contribution in [2.75, 3.05) is 19.0 Å². The number of nitrogens with one attached hydrogen (secondary N) is 2. The van der Waals surface area contributed by atoms with Crippen LogP contribution < -0.4 is 10.6 Å². The van der Waals surface area contributed by atoms with Crippen LogP contribution in [0.4, 0.5) is 5.69 Å². The van der Waals surface area contributed by atoms with Gasteiger partial charge in [0.15, 0.2) is 0 Å². The Hall–Kier alpha value is -0.540. The zero-order valence-corrected chi connectivity index (χ0v) is 8.90. The van der Waals surface area contributed by atoms with Crippen LogP contribution in [0.3, 0.4) is 0 Å². The quantitative estimate of drug-likeness (QED) is 0.777. The molecule has 0 radical (unpaired) electrons. The van der Waals surface area contributed by atoms with Crippen LogP contribution in [0.15, 0.2) is 22.7 Å². The number of anilines is 1. The lowest BCUT2D eigenvalue weighted by Crippen LogP contribution is -2.16. The molecule has 0 heterocycles. The maximum Gasteiger partial charge on any atom is 0.0651 e. The monoisotopic (exact) mass is 228 g/mol. The van der Waals surface area contributed by atoms with Crippen LogP contribution >= 0.6 is 15.9 Å². The minimum atomic E-state index is 0.779. The molecule has 0 saturated carbocycles. The molecule has 0 spiro atoms. The van der Waals surface area contributed by atoms with Gasteiger partial charge in [-0.2, -0.15) is 0 Å². The van der Waals surface area contributed by atoms with Crippen molar-refractivity contribution >= 4 is 21.6 Å². The Balaban J connectivity index is 2.72. The van der Waals surface area contributed by atoms with E-state index in [0.29, 0.717) is 0 Å². The van der Waals surface area contributed by atoms with Gasteiger partial charge >= 0.3 is 0 Å². The third-order valence-electron chi connectivity index (χ3n) is 1.58. The van der Waals surface area contributed by atoms with E-state index in [0.717, 1.165) is 16.8 Å². The lowest BCUT2D eigenvalue weighted by Gasteiger charge is -2.07. The first kappa shape index (κ1) is 9.55. The molecule has 0 atom stereocenters. The fourth-order valence-electron chi connectivity index (χ4n) is 0.947. The summed E-state index contributed by atoms with van der Waals surface area (Å²) in [7, 11) is 1.91. The molecule has 0 aliphatic heterocycles. The smallest absolute Gasteiger partial charge is 0.0651 e. The van der Waals surface area contributed by atoms with E-state index in [9.17, 15) is 0 Å². The zero-order chi connectivity index (χ0) is 8.97. The molecule has 66 valence electrons. The molecule has 0 saturated heterocycles. The second-order valence-electron chi connectivity index (χ2n) is 2.69. The summed E-state index contributed by atoms with van der Waals surface area (Å²) in [5.41, 5.74) is 2.38. The second-order valence-corrected chi connectivity index (χ2v) is 3.54. The van der Waals surface area contributed by atoms with Crippen molar-refractivity contribution in [3.8, 4) is 0 Å². The molecule has 0 bridgehead atoms. The van der Waals surface area contributed by atoms with E-state index in [-0.39, 0.29) is 0 Å². The average Bonchev–Trinajstić information content (AvgIpc) is 2.03. The molecule has 1 rings (SSSR count). The first-order chi connectivity index (χ1) is 5.74. The molecule has 2 N–H and O–H groups in total. The van der Waals surface area contributed by atoms with Gasteiger partial charge in [-0.1, -0.05) is 6.07 Å². The minimum absolute atomic E-state index is 0.779. The summed E-state index contributed by atoms with van der Waals surface area (Å²) in [5, 5.41) is 6.26. The van der Waals surface area contributed by atoms with Gasteiger partial charge in [0.05, 0.1) is 6.67 Å². The zero-order valence-electron chi connectivity index (χ0n) is 7.32. The predicted octanol–water partition coefficient (Wildman–Crippen LogP) is 2.35. The Morgan fingerprint density at radius 1 is 1.42 bits per heavy atom. The number of hydrogen-bond acceptors (Lipinski definition) is 2. The first-order valence-corrected chi connectivity index (χ1v) is 4.68. The first-order valence-electron chi connectivity index (χ1n) is 3.88. The summed E-state index contributed by atoms with van der Waals surface area (Å²) >= 11 is 3.49. The summed E-state index contributed by atoms with van der Waals surface area (Å²) in [4.78, 5) is 0. The van der Waals surface area contributed by atoms with Crippen molar-refractivity contribution in [1.29, 1.82) is 0 Å². The van der Waals surface area contributed by atoms with Crippen molar-refractivity contribution in [1.82, 2.24) is 5.32 Å². The fourth-order valence-corrected chi connectivity index (χ4v) is 1.58. The van der Waals surface area contributed by atoms with Crippen molar-refractivity contribution in [3.63, 3.8) is 0 Å². The van der Waals surface area contributed by atoms with Crippen LogP contribution in [0.25, 0.3) is 0 Å². The summed E-state index contributed by atoms with van der Waals surface area (Å²) in [6.45, 7) is 2.86. The van der Waals surface area contributed by atoms with Crippen LogP contribution in [-0.4, -0.2) is 13.7 Å². The summed E-state index contributed by atoms with van der Waals surface area (Å²) < 4.78 is 1.11.